The van der Waals surface area contributed by atoms with Crippen LogP contribution in [-0.2, 0) is 0 Å². The Morgan fingerprint density at radius 1 is 0.581 bits per heavy atom. The molecule has 0 heterocycles. The predicted molar refractivity (Wildman–Crippen MR) is 141 cm³/mol. The second-order valence-corrected chi connectivity index (χ2v) is 9.94. The van der Waals surface area contributed by atoms with Gasteiger partial charge in [-0.1, -0.05) is 70.4 Å². The number of unbranched alkanes of at least 4 members (excludes halogenated alkanes) is 1. The maximum absolute atomic E-state index is 9.70. The third-order valence-corrected chi connectivity index (χ3v) is 5.27. The molecule has 0 saturated heterocycles. The largest absolute Gasteiger partial charge is 0.386 e. The van der Waals surface area contributed by atoms with E-state index in [1.54, 1.807) is 13.8 Å². The van der Waals surface area contributed by atoms with E-state index in [1.807, 2.05) is 6.08 Å². The van der Waals surface area contributed by atoms with Gasteiger partial charge in [0.25, 0.3) is 0 Å². The van der Waals surface area contributed by atoms with Crippen molar-refractivity contribution < 1.29 is 5.11 Å². The highest BCUT2D eigenvalue weighted by molar-refractivity contribution is 5.10. The SMILES string of the molecule is CC(C)=CCCC(C)=CCCC(C)=CCCC=C(C)CCC=C(C)CC=CC(C)(C)O. The van der Waals surface area contributed by atoms with E-state index in [9.17, 15) is 5.11 Å². The summed E-state index contributed by atoms with van der Waals surface area (Å²) >= 11 is 0. The molecule has 0 spiro atoms. The second kappa shape index (κ2) is 17.0. The molecular formula is C30H50O. The predicted octanol–water partition coefficient (Wildman–Crippen LogP) is 9.58. The van der Waals surface area contributed by atoms with Crippen molar-refractivity contribution in [2.24, 2.45) is 0 Å². The van der Waals surface area contributed by atoms with Crippen molar-refractivity contribution in [3.8, 4) is 0 Å². The fourth-order valence-corrected chi connectivity index (χ4v) is 3.26. The summed E-state index contributed by atoms with van der Waals surface area (Å²) in [5.74, 6) is 0. The Balaban J connectivity index is 4.11. The maximum atomic E-state index is 9.70. The Bertz CT molecular complexity index is 668. The fraction of sp³-hybridized carbons (Fsp3) is 0.600. The van der Waals surface area contributed by atoms with Gasteiger partial charge in [0.2, 0.25) is 0 Å². The van der Waals surface area contributed by atoms with E-state index >= 15 is 0 Å². The lowest BCUT2D eigenvalue weighted by atomic mass is 10.0. The first-order valence-electron chi connectivity index (χ1n) is 12.2. The van der Waals surface area contributed by atoms with Crippen LogP contribution in [0.2, 0.25) is 0 Å². The van der Waals surface area contributed by atoms with Crippen LogP contribution >= 0.6 is 0 Å². The lowest BCUT2D eigenvalue weighted by molar-refractivity contribution is 0.133. The third-order valence-electron chi connectivity index (χ3n) is 5.27. The van der Waals surface area contributed by atoms with Crippen LogP contribution in [-0.4, -0.2) is 10.7 Å². The van der Waals surface area contributed by atoms with Gasteiger partial charge in [-0.25, -0.2) is 0 Å². The van der Waals surface area contributed by atoms with Crippen LogP contribution in [0.1, 0.15) is 113 Å². The van der Waals surface area contributed by atoms with Crippen molar-refractivity contribution in [1.82, 2.24) is 0 Å². The Morgan fingerprint density at radius 2 is 0.968 bits per heavy atom. The molecule has 0 radical (unpaired) electrons. The minimum atomic E-state index is -0.715. The van der Waals surface area contributed by atoms with Gasteiger partial charge in [-0.3, -0.25) is 0 Å². The zero-order chi connectivity index (χ0) is 23.7. The van der Waals surface area contributed by atoms with Crippen LogP contribution in [0.4, 0.5) is 0 Å². The lowest BCUT2D eigenvalue weighted by Crippen LogP contribution is -2.13. The van der Waals surface area contributed by atoms with Gasteiger partial charge in [0.1, 0.15) is 0 Å². The Kier molecular flexibility index (Phi) is 16.1. The standard InChI is InChI=1S/C30H50O/c1-25(2)15-11-18-28(5)21-12-19-26(3)16-9-10-17-27(4)20-13-22-29(6)23-14-24-30(7,8)31/h14-17,21-22,24,31H,9-13,18-20,23H2,1-8H3. The van der Waals surface area contributed by atoms with Gasteiger partial charge in [0, 0.05) is 0 Å². The summed E-state index contributed by atoms with van der Waals surface area (Å²) < 4.78 is 0. The molecule has 0 aromatic rings. The molecule has 0 bridgehead atoms. The molecule has 0 aliphatic heterocycles. The summed E-state index contributed by atoms with van der Waals surface area (Å²) in [5.41, 5.74) is 6.58. The Labute approximate surface area is 194 Å². The topological polar surface area (TPSA) is 20.2 Å². The molecule has 1 heteroatoms. The molecule has 0 aliphatic rings. The van der Waals surface area contributed by atoms with Crippen LogP contribution in [0.3, 0.4) is 0 Å². The van der Waals surface area contributed by atoms with Crippen molar-refractivity contribution in [3.05, 3.63) is 70.4 Å². The van der Waals surface area contributed by atoms with E-state index in [0.29, 0.717) is 0 Å². The van der Waals surface area contributed by atoms with Gasteiger partial charge in [0.15, 0.2) is 0 Å². The quantitative estimate of drug-likeness (QED) is 0.204. The Morgan fingerprint density at radius 3 is 1.39 bits per heavy atom. The number of aliphatic hydroxyl groups is 1. The summed E-state index contributed by atoms with van der Waals surface area (Å²) in [4.78, 5) is 0. The monoisotopic (exact) mass is 426 g/mol. The van der Waals surface area contributed by atoms with Gasteiger partial charge in [-0.05, 0) is 113 Å². The normalized spacial score (nSPS) is 14.5. The van der Waals surface area contributed by atoms with Crippen molar-refractivity contribution in [1.29, 1.82) is 0 Å². The number of rotatable bonds is 15. The van der Waals surface area contributed by atoms with Gasteiger partial charge >= 0.3 is 0 Å². The van der Waals surface area contributed by atoms with E-state index in [2.05, 4.69) is 78.0 Å². The highest BCUT2D eigenvalue weighted by atomic mass is 16.3. The summed E-state index contributed by atoms with van der Waals surface area (Å²) in [6, 6.07) is 0. The van der Waals surface area contributed by atoms with E-state index < -0.39 is 5.60 Å². The summed E-state index contributed by atoms with van der Waals surface area (Å²) in [5, 5.41) is 9.70. The first-order chi connectivity index (χ1) is 14.5. The molecule has 0 unspecified atom stereocenters. The average Bonchev–Trinajstić information content (AvgIpc) is 2.64. The molecule has 0 rings (SSSR count). The minimum Gasteiger partial charge on any atom is -0.386 e. The Hall–Kier alpha value is -1.60. The zero-order valence-corrected chi connectivity index (χ0v) is 21.9. The maximum Gasteiger partial charge on any atom is 0.0771 e. The van der Waals surface area contributed by atoms with E-state index in [4.69, 9.17) is 0 Å². The first-order valence-corrected chi connectivity index (χ1v) is 12.2. The smallest absolute Gasteiger partial charge is 0.0771 e. The second-order valence-electron chi connectivity index (χ2n) is 9.94. The summed E-state index contributed by atoms with van der Waals surface area (Å²) in [6.45, 7) is 16.9. The van der Waals surface area contributed by atoms with Gasteiger partial charge < -0.3 is 5.11 Å². The first kappa shape index (κ1) is 29.4. The molecule has 0 atom stereocenters. The molecule has 0 aromatic carbocycles. The molecule has 0 fully saturated rings. The molecule has 0 aromatic heterocycles. The molecule has 0 aliphatic carbocycles. The number of allylic oxidation sites excluding steroid dienone is 11. The molecule has 0 saturated carbocycles. The molecule has 1 N–H and O–H groups in total. The van der Waals surface area contributed by atoms with E-state index in [0.717, 1.165) is 38.5 Å². The molecule has 31 heavy (non-hydrogen) atoms. The molecule has 1 nitrogen and oxygen atoms in total. The molecule has 176 valence electrons. The summed E-state index contributed by atoms with van der Waals surface area (Å²) in [6.07, 6.45) is 25.9. The van der Waals surface area contributed by atoms with Gasteiger partial charge in [-0.15, -0.1) is 0 Å². The van der Waals surface area contributed by atoms with Crippen LogP contribution in [0.15, 0.2) is 70.4 Å². The van der Waals surface area contributed by atoms with Gasteiger partial charge in [0.05, 0.1) is 5.60 Å². The fourth-order valence-electron chi connectivity index (χ4n) is 3.26. The third kappa shape index (κ3) is 21.4. The number of hydrogen-bond acceptors (Lipinski definition) is 1. The van der Waals surface area contributed by atoms with Crippen LogP contribution in [0, 0.1) is 0 Å². The molecule has 0 amide bonds. The van der Waals surface area contributed by atoms with Crippen molar-refractivity contribution in [3.63, 3.8) is 0 Å². The highest BCUT2D eigenvalue weighted by Crippen LogP contribution is 2.14. The van der Waals surface area contributed by atoms with Crippen LogP contribution < -0.4 is 0 Å². The van der Waals surface area contributed by atoms with E-state index in [1.165, 1.54) is 47.1 Å². The average molecular weight is 427 g/mol. The molecular weight excluding hydrogens is 376 g/mol. The highest BCUT2D eigenvalue weighted by Gasteiger charge is 2.04. The minimum absolute atomic E-state index is 0.715. The van der Waals surface area contributed by atoms with Crippen molar-refractivity contribution in [2.75, 3.05) is 0 Å². The van der Waals surface area contributed by atoms with Crippen molar-refractivity contribution >= 4 is 0 Å². The van der Waals surface area contributed by atoms with Crippen LogP contribution in [0.5, 0.6) is 0 Å². The number of hydrogen-bond donors (Lipinski definition) is 1. The van der Waals surface area contributed by atoms with Crippen LogP contribution in [0.25, 0.3) is 0 Å². The van der Waals surface area contributed by atoms with E-state index in [-0.39, 0.29) is 0 Å². The zero-order valence-electron chi connectivity index (χ0n) is 21.9. The summed E-state index contributed by atoms with van der Waals surface area (Å²) in [7, 11) is 0. The van der Waals surface area contributed by atoms with Crippen molar-refractivity contribution in [2.45, 2.75) is 119 Å². The lowest BCUT2D eigenvalue weighted by Gasteiger charge is -2.10. The van der Waals surface area contributed by atoms with Gasteiger partial charge in [-0.2, -0.15) is 0 Å².